The van der Waals surface area contributed by atoms with Crippen LogP contribution in [-0.2, 0) is 23.4 Å². The lowest BCUT2D eigenvalue weighted by atomic mass is 9.96. The molecule has 3 rings (SSSR count). The van der Waals surface area contributed by atoms with E-state index in [1.165, 1.54) is 32.2 Å². The van der Waals surface area contributed by atoms with Crippen LogP contribution in [0.1, 0.15) is 22.8 Å². The largest absolute Gasteiger partial charge is 0.469 e. The summed E-state index contributed by atoms with van der Waals surface area (Å²) in [6, 6.07) is 8.91. The maximum absolute atomic E-state index is 13.7. The van der Waals surface area contributed by atoms with Crippen molar-refractivity contribution in [1.82, 2.24) is 9.55 Å². The Morgan fingerprint density at radius 2 is 2.09 bits per heavy atom. The van der Waals surface area contributed by atoms with Crippen LogP contribution in [0.15, 0.2) is 47.4 Å². The van der Waals surface area contributed by atoms with Crippen molar-refractivity contribution in [2.45, 2.75) is 37.9 Å². The van der Waals surface area contributed by atoms with Crippen LogP contribution in [0.4, 0.5) is 0 Å². The Hall–Kier alpha value is -2.34. The molecular weight excluding hydrogens is 487 g/mol. The summed E-state index contributed by atoms with van der Waals surface area (Å²) in [4.78, 5) is 25.8. The summed E-state index contributed by atoms with van der Waals surface area (Å²) < 4.78 is 52.8. The number of nitrogens with zero attached hydrogens (tertiary/aromatic N) is 1. The number of para-hydroxylation sites is 1. The molecule has 1 saturated heterocycles. The number of carbonyl (C=O) groups is 1. The van der Waals surface area contributed by atoms with E-state index in [0.29, 0.717) is 0 Å². The predicted molar refractivity (Wildman–Crippen MR) is 123 cm³/mol. The summed E-state index contributed by atoms with van der Waals surface area (Å²) in [5.74, 6) is -1.63. The summed E-state index contributed by atoms with van der Waals surface area (Å²) in [6.07, 6.45) is -4.56. The minimum Gasteiger partial charge on any atom is -0.469 e. The third-order valence-electron chi connectivity index (χ3n) is 5.16. The summed E-state index contributed by atoms with van der Waals surface area (Å²) >= 11 is 5.09. The van der Waals surface area contributed by atoms with Crippen LogP contribution < -0.4 is 10.1 Å². The summed E-state index contributed by atoms with van der Waals surface area (Å²) in [7, 11) is -3.29. The number of aromatic nitrogens is 2. The zero-order valence-corrected chi connectivity index (χ0v) is 20.3. The second kappa shape index (κ2) is 10.5. The van der Waals surface area contributed by atoms with Crippen LogP contribution in [0.5, 0.6) is 5.75 Å². The number of benzene rings is 1. The van der Waals surface area contributed by atoms with Gasteiger partial charge in [0.15, 0.2) is 11.0 Å². The van der Waals surface area contributed by atoms with E-state index >= 15 is 0 Å². The Labute approximate surface area is 203 Å². The van der Waals surface area contributed by atoms with E-state index in [4.69, 9.17) is 28.7 Å². The van der Waals surface area contributed by atoms with Gasteiger partial charge in [0, 0.05) is 12.3 Å². The van der Waals surface area contributed by atoms with Gasteiger partial charge in [-0.3, -0.25) is 23.7 Å². The number of H-pyrrole nitrogens is 1. The third-order valence-corrected chi connectivity index (χ3v) is 7.34. The maximum Gasteiger partial charge on any atom is 0.380 e. The van der Waals surface area contributed by atoms with Crippen LogP contribution in [0, 0.1) is 10.7 Å². The lowest BCUT2D eigenvalue weighted by molar-refractivity contribution is -0.144. The predicted octanol–water partition coefficient (Wildman–Crippen LogP) is 2.01. The SMILES string of the molecule is [2H]C([2H])(O[P@](=O)(C[C@@H](C)C(=O)OC)Oc1ccccc1)[C@H]1O[C@@H](n2ccc(=O)[nH]c2=S)C(C)(O)[C@H]1O. The van der Waals surface area contributed by atoms with Crippen molar-refractivity contribution in [3.8, 4) is 5.75 Å². The Bertz CT molecular complexity index is 1250. The molecule has 3 N–H and O–H groups in total. The average molecular weight is 517 g/mol. The molecule has 13 heteroatoms. The molecule has 1 aromatic heterocycles. The van der Waals surface area contributed by atoms with Crippen LogP contribution in [-0.4, -0.2) is 63.4 Å². The topological polar surface area (TPSA) is 149 Å². The molecule has 0 bridgehead atoms. The van der Waals surface area contributed by atoms with Gasteiger partial charge < -0.3 is 24.2 Å². The first-order valence-corrected chi connectivity index (χ1v) is 12.3. The fraction of sp³-hybridized carbons (Fsp3) is 0.476. The van der Waals surface area contributed by atoms with E-state index in [-0.39, 0.29) is 10.5 Å². The molecule has 6 atom stereocenters. The van der Waals surface area contributed by atoms with Crippen molar-refractivity contribution < 1.29 is 40.8 Å². The number of rotatable bonds is 9. The number of aromatic amines is 1. The van der Waals surface area contributed by atoms with Crippen molar-refractivity contribution in [2.24, 2.45) is 5.92 Å². The van der Waals surface area contributed by atoms with Gasteiger partial charge in [0.25, 0.3) is 5.56 Å². The van der Waals surface area contributed by atoms with Crippen LogP contribution in [0.25, 0.3) is 0 Å². The molecule has 0 saturated carbocycles. The number of ether oxygens (including phenoxy) is 2. The zero-order valence-electron chi connectivity index (χ0n) is 20.6. The molecule has 2 aromatic rings. The van der Waals surface area contributed by atoms with E-state index in [2.05, 4.69) is 9.72 Å². The monoisotopic (exact) mass is 516 g/mol. The average Bonchev–Trinajstić information content (AvgIpc) is 3.03. The second-order valence-corrected chi connectivity index (χ2v) is 10.3. The number of aliphatic hydroxyl groups is 2. The van der Waals surface area contributed by atoms with Gasteiger partial charge >= 0.3 is 13.6 Å². The highest BCUT2D eigenvalue weighted by Crippen LogP contribution is 2.51. The van der Waals surface area contributed by atoms with E-state index < -0.39 is 61.8 Å². The second-order valence-electron chi connectivity index (χ2n) is 7.93. The normalized spacial score (nSPS) is 28.3. The fourth-order valence-electron chi connectivity index (χ4n) is 3.33. The van der Waals surface area contributed by atoms with Crippen LogP contribution in [0.3, 0.4) is 0 Å². The Balaban J connectivity index is 1.94. The van der Waals surface area contributed by atoms with Crippen LogP contribution >= 0.6 is 19.8 Å². The van der Waals surface area contributed by atoms with E-state index in [1.807, 2.05) is 0 Å². The summed E-state index contributed by atoms with van der Waals surface area (Å²) in [6.45, 7) is -0.404. The first-order chi connectivity index (χ1) is 16.7. The number of methoxy groups -OCH3 is 1. The number of nitrogens with one attached hydrogen (secondary N) is 1. The number of hydrogen-bond acceptors (Lipinski definition) is 10. The molecule has 1 aliphatic rings. The number of carbonyl (C=O) groups excluding carboxylic acids is 1. The molecule has 1 aliphatic heterocycles. The molecular formula is C21H27N2O9PS. The van der Waals surface area contributed by atoms with Gasteiger partial charge in [-0.15, -0.1) is 0 Å². The molecule has 34 heavy (non-hydrogen) atoms. The van der Waals surface area contributed by atoms with E-state index in [1.54, 1.807) is 18.2 Å². The number of hydrogen-bond donors (Lipinski definition) is 3. The molecule has 186 valence electrons. The standard InChI is InChI=1S/C21H27N2O9PS/c1-13(18(26)29-3)12-33(28,32-14-7-5-4-6-8-14)30-11-15-17(25)21(2,27)19(31-15)23-10-9-16(24)22-20(23)34/h4-10,13,15,17,19,25,27H,11-12H2,1-3H3,(H,22,24,34)/t13-,15-,17+,19-,21?,33-/m1/s1/i11D2. The summed E-state index contributed by atoms with van der Waals surface area (Å²) in [5, 5.41) is 21.8. The Morgan fingerprint density at radius 1 is 1.41 bits per heavy atom. The third kappa shape index (κ3) is 5.83. The molecule has 1 unspecified atom stereocenters. The quantitative estimate of drug-likeness (QED) is 0.257. The lowest BCUT2D eigenvalue weighted by Gasteiger charge is -2.28. The Morgan fingerprint density at radius 3 is 2.71 bits per heavy atom. The van der Waals surface area contributed by atoms with Gasteiger partial charge in [-0.05, 0) is 31.3 Å². The lowest BCUT2D eigenvalue weighted by Crippen LogP contribution is -2.44. The van der Waals surface area contributed by atoms with Crippen molar-refractivity contribution >= 4 is 25.8 Å². The maximum atomic E-state index is 13.7. The fourth-order valence-corrected chi connectivity index (χ4v) is 5.30. The molecule has 0 radical (unpaired) electrons. The zero-order chi connectivity index (χ0) is 26.9. The number of aliphatic hydroxyl groups excluding tert-OH is 1. The van der Waals surface area contributed by atoms with Crippen molar-refractivity contribution in [2.75, 3.05) is 19.8 Å². The molecule has 11 nitrogen and oxygen atoms in total. The van der Waals surface area contributed by atoms with Gasteiger partial charge in [0.05, 0.1) is 28.5 Å². The van der Waals surface area contributed by atoms with Crippen LogP contribution in [0.2, 0.25) is 0 Å². The van der Waals surface area contributed by atoms with Crippen molar-refractivity contribution in [3.63, 3.8) is 0 Å². The van der Waals surface area contributed by atoms with Crippen molar-refractivity contribution in [1.29, 1.82) is 0 Å². The molecule has 2 heterocycles. The smallest absolute Gasteiger partial charge is 0.380 e. The van der Waals surface area contributed by atoms with Gasteiger partial charge in [-0.2, -0.15) is 0 Å². The highest BCUT2D eigenvalue weighted by atomic mass is 32.1. The van der Waals surface area contributed by atoms with Gasteiger partial charge in [0.2, 0.25) is 0 Å². The first-order valence-electron chi connectivity index (χ1n) is 11.2. The van der Waals surface area contributed by atoms with Crippen molar-refractivity contribution in [3.05, 3.63) is 57.7 Å². The van der Waals surface area contributed by atoms with E-state index in [9.17, 15) is 24.4 Å². The van der Waals surface area contributed by atoms with E-state index in [0.717, 1.165) is 17.7 Å². The molecule has 1 aromatic carbocycles. The first kappa shape index (κ1) is 23.4. The minimum absolute atomic E-state index is 0.0889. The highest BCUT2D eigenvalue weighted by Gasteiger charge is 2.53. The number of esters is 1. The van der Waals surface area contributed by atoms with Gasteiger partial charge in [0.1, 0.15) is 23.6 Å². The van der Waals surface area contributed by atoms with Gasteiger partial charge in [-0.1, -0.05) is 25.1 Å². The molecule has 0 amide bonds. The molecule has 0 spiro atoms. The highest BCUT2D eigenvalue weighted by molar-refractivity contribution is 7.71. The molecule has 1 fully saturated rings. The van der Waals surface area contributed by atoms with Gasteiger partial charge in [-0.25, -0.2) is 4.57 Å². The summed E-state index contributed by atoms with van der Waals surface area (Å²) in [5.41, 5.74) is -2.62. The minimum atomic E-state index is -4.44. The Kier molecular flexibility index (Phi) is 7.23. The molecule has 0 aliphatic carbocycles.